The van der Waals surface area contributed by atoms with Crippen molar-refractivity contribution < 1.29 is 0 Å². The molecule has 0 aromatic carbocycles. The van der Waals surface area contributed by atoms with Gasteiger partial charge in [0.2, 0.25) is 0 Å². The van der Waals surface area contributed by atoms with Crippen molar-refractivity contribution in [3.05, 3.63) is 24.4 Å². The predicted octanol–water partition coefficient (Wildman–Crippen LogP) is 1.32. The fourth-order valence-corrected chi connectivity index (χ4v) is 1.88. The molecule has 1 N–H and O–H groups in total. The molecule has 0 aliphatic heterocycles. The maximum Gasteiger partial charge on any atom is 0.181 e. The molecular weight excluding hydrogens is 216 g/mol. The van der Waals surface area contributed by atoms with Crippen LogP contribution in [-0.2, 0) is 13.5 Å². The minimum atomic E-state index is 0.681. The number of fused-ring (bicyclic) bond motifs is 1. The lowest BCUT2D eigenvalue weighted by Crippen LogP contribution is -1.89. The molecule has 0 spiro atoms. The predicted molar refractivity (Wildman–Crippen MR) is 63.3 cm³/mol. The SMILES string of the molecule is CCc1nn(C)cc1-c1nc2ncncc2[nH]1. The van der Waals surface area contributed by atoms with Gasteiger partial charge in [0.05, 0.1) is 17.5 Å². The molecule has 0 fully saturated rings. The summed E-state index contributed by atoms with van der Waals surface area (Å²) in [6, 6.07) is 0. The van der Waals surface area contributed by atoms with Crippen molar-refractivity contribution >= 4 is 11.2 Å². The Bertz CT molecular complexity index is 632. The van der Waals surface area contributed by atoms with Crippen molar-refractivity contribution in [1.82, 2.24) is 29.7 Å². The van der Waals surface area contributed by atoms with Gasteiger partial charge in [-0.15, -0.1) is 0 Å². The van der Waals surface area contributed by atoms with E-state index in [0.29, 0.717) is 5.65 Å². The molecule has 0 amide bonds. The van der Waals surface area contributed by atoms with E-state index in [1.54, 1.807) is 10.9 Å². The molecule has 3 aromatic heterocycles. The summed E-state index contributed by atoms with van der Waals surface area (Å²) in [6.45, 7) is 2.08. The summed E-state index contributed by atoms with van der Waals surface area (Å²) in [5.74, 6) is 0.797. The first kappa shape index (κ1) is 9.95. The standard InChI is InChI=1S/C11H12N6/c1-3-8-7(5-17(2)16-8)10-14-9-4-12-6-13-11(9)15-10/h4-6H,3H2,1-2H3,(H,12,13,14,15). The Morgan fingerprint density at radius 3 is 3.06 bits per heavy atom. The van der Waals surface area contributed by atoms with Crippen LogP contribution in [0.2, 0.25) is 0 Å². The van der Waals surface area contributed by atoms with Crippen molar-refractivity contribution in [2.24, 2.45) is 7.05 Å². The lowest BCUT2D eigenvalue weighted by molar-refractivity contribution is 0.746. The lowest BCUT2D eigenvalue weighted by Gasteiger charge is -1.93. The zero-order valence-corrected chi connectivity index (χ0v) is 9.68. The molecule has 0 aliphatic rings. The van der Waals surface area contributed by atoms with Crippen LogP contribution in [0.4, 0.5) is 0 Å². The van der Waals surface area contributed by atoms with Crippen LogP contribution in [0.1, 0.15) is 12.6 Å². The Hall–Kier alpha value is -2.24. The van der Waals surface area contributed by atoms with Gasteiger partial charge in [-0.05, 0) is 6.42 Å². The average Bonchev–Trinajstić information content (AvgIpc) is 2.91. The monoisotopic (exact) mass is 228 g/mol. The number of H-pyrrole nitrogens is 1. The van der Waals surface area contributed by atoms with Gasteiger partial charge in [0, 0.05) is 13.2 Å². The molecule has 0 bridgehead atoms. The number of imidazole rings is 1. The first-order chi connectivity index (χ1) is 8.28. The lowest BCUT2D eigenvalue weighted by atomic mass is 10.2. The molecule has 6 heteroatoms. The van der Waals surface area contributed by atoms with E-state index >= 15 is 0 Å². The van der Waals surface area contributed by atoms with Gasteiger partial charge in [0.1, 0.15) is 17.7 Å². The highest BCUT2D eigenvalue weighted by atomic mass is 15.3. The van der Waals surface area contributed by atoms with Crippen LogP contribution in [0.25, 0.3) is 22.6 Å². The summed E-state index contributed by atoms with van der Waals surface area (Å²) in [4.78, 5) is 15.7. The largest absolute Gasteiger partial charge is 0.335 e. The summed E-state index contributed by atoms with van der Waals surface area (Å²) >= 11 is 0. The van der Waals surface area contributed by atoms with Gasteiger partial charge >= 0.3 is 0 Å². The van der Waals surface area contributed by atoms with Crippen LogP contribution in [0.3, 0.4) is 0 Å². The van der Waals surface area contributed by atoms with Gasteiger partial charge in [0.25, 0.3) is 0 Å². The molecule has 17 heavy (non-hydrogen) atoms. The van der Waals surface area contributed by atoms with Gasteiger partial charge in [-0.3, -0.25) is 4.68 Å². The highest BCUT2D eigenvalue weighted by molar-refractivity contribution is 5.75. The molecular formula is C11H12N6. The molecule has 0 aliphatic carbocycles. The molecule has 86 valence electrons. The quantitative estimate of drug-likeness (QED) is 0.718. The number of rotatable bonds is 2. The topological polar surface area (TPSA) is 72.3 Å². The number of nitrogens with zero attached hydrogens (tertiary/aromatic N) is 5. The van der Waals surface area contributed by atoms with Crippen LogP contribution in [-0.4, -0.2) is 29.7 Å². The fourth-order valence-electron chi connectivity index (χ4n) is 1.88. The van der Waals surface area contributed by atoms with E-state index in [-0.39, 0.29) is 0 Å². The van der Waals surface area contributed by atoms with Crippen LogP contribution in [0, 0.1) is 0 Å². The molecule has 0 atom stereocenters. The Morgan fingerprint density at radius 1 is 1.41 bits per heavy atom. The molecule has 6 nitrogen and oxygen atoms in total. The van der Waals surface area contributed by atoms with Crippen molar-refractivity contribution in [2.45, 2.75) is 13.3 Å². The van der Waals surface area contributed by atoms with Crippen LogP contribution < -0.4 is 0 Å². The number of aryl methyl sites for hydroxylation is 2. The maximum atomic E-state index is 4.44. The second-order valence-corrected chi connectivity index (χ2v) is 3.86. The first-order valence-electron chi connectivity index (χ1n) is 5.46. The minimum Gasteiger partial charge on any atom is -0.335 e. The third kappa shape index (κ3) is 1.57. The zero-order chi connectivity index (χ0) is 11.8. The van der Waals surface area contributed by atoms with Gasteiger partial charge in [-0.1, -0.05) is 6.92 Å². The molecule has 3 heterocycles. The van der Waals surface area contributed by atoms with E-state index in [4.69, 9.17) is 0 Å². The van der Waals surface area contributed by atoms with Crippen LogP contribution >= 0.6 is 0 Å². The fraction of sp³-hybridized carbons (Fsp3) is 0.273. The zero-order valence-electron chi connectivity index (χ0n) is 9.68. The first-order valence-corrected chi connectivity index (χ1v) is 5.46. The summed E-state index contributed by atoms with van der Waals surface area (Å²) in [6.07, 6.45) is 6.06. The summed E-state index contributed by atoms with van der Waals surface area (Å²) < 4.78 is 1.80. The minimum absolute atomic E-state index is 0.681. The molecule has 3 aromatic rings. The molecule has 0 saturated heterocycles. The van der Waals surface area contributed by atoms with Gasteiger partial charge < -0.3 is 4.98 Å². The third-order valence-electron chi connectivity index (χ3n) is 2.66. The van der Waals surface area contributed by atoms with Crippen molar-refractivity contribution in [3.63, 3.8) is 0 Å². The van der Waals surface area contributed by atoms with Gasteiger partial charge in [-0.2, -0.15) is 5.10 Å². The highest BCUT2D eigenvalue weighted by Crippen LogP contribution is 2.22. The number of hydrogen-bond donors (Lipinski definition) is 1. The molecule has 3 rings (SSSR count). The smallest absolute Gasteiger partial charge is 0.181 e. The second-order valence-electron chi connectivity index (χ2n) is 3.86. The summed E-state index contributed by atoms with van der Waals surface area (Å²) in [5, 5.41) is 4.40. The Labute approximate surface area is 97.7 Å². The number of aromatic nitrogens is 6. The average molecular weight is 228 g/mol. The van der Waals surface area contributed by atoms with Crippen molar-refractivity contribution in [1.29, 1.82) is 0 Å². The van der Waals surface area contributed by atoms with E-state index in [1.165, 1.54) is 6.33 Å². The highest BCUT2D eigenvalue weighted by Gasteiger charge is 2.12. The van der Waals surface area contributed by atoms with E-state index in [9.17, 15) is 0 Å². The van der Waals surface area contributed by atoms with Gasteiger partial charge in [-0.25, -0.2) is 15.0 Å². The second kappa shape index (κ2) is 3.65. The van der Waals surface area contributed by atoms with Gasteiger partial charge in [0.15, 0.2) is 5.65 Å². The molecule has 0 saturated carbocycles. The summed E-state index contributed by atoms with van der Waals surface area (Å²) in [5.41, 5.74) is 3.57. The Kier molecular flexibility index (Phi) is 2.14. The number of hydrogen-bond acceptors (Lipinski definition) is 4. The van der Waals surface area contributed by atoms with Crippen molar-refractivity contribution in [2.75, 3.05) is 0 Å². The van der Waals surface area contributed by atoms with Crippen LogP contribution in [0.15, 0.2) is 18.7 Å². The maximum absolute atomic E-state index is 4.44. The molecule has 0 radical (unpaired) electrons. The Morgan fingerprint density at radius 2 is 2.29 bits per heavy atom. The van der Waals surface area contributed by atoms with E-state index in [0.717, 1.165) is 29.0 Å². The van der Waals surface area contributed by atoms with E-state index in [1.807, 2.05) is 13.2 Å². The van der Waals surface area contributed by atoms with E-state index < -0.39 is 0 Å². The number of nitrogens with one attached hydrogen (secondary N) is 1. The third-order valence-corrected chi connectivity index (χ3v) is 2.66. The van der Waals surface area contributed by atoms with Crippen LogP contribution in [0.5, 0.6) is 0 Å². The van der Waals surface area contributed by atoms with E-state index in [2.05, 4.69) is 32.0 Å². The molecule has 0 unspecified atom stereocenters. The number of aromatic amines is 1. The van der Waals surface area contributed by atoms with Crippen molar-refractivity contribution in [3.8, 4) is 11.4 Å². The Balaban J connectivity index is 2.19. The summed E-state index contributed by atoms with van der Waals surface area (Å²) in [7, 11) is 1.91. The normalized spacial score (nSPS) is 11.2.